The third-order valence-corrected chi connectivity index (χ3v) is 4.25. The van der Waals surface area contributed by atoms with Crippen molar-refractivity contribution in [2.24, 2.45) is 0 Å². The molecule has 0 aliphatic heterocycles. The number of aryl methyl sites for hydroxylation is 3. The summed E-state index contributed by atoms with van der Waals surface area (Å²) in [5.74, 6) is 0.0679. The average Bonchev–Trinajstić information content (AvgIpc) is 2.46. The molecule has 2 rings (SSSR count). The van der Waals surface area contributed by atoms with Crippen LogP contribution in [0.3, 0.4) is 0 Å². The SMILES string of the molecule is Cc1ccc(C)c(NC(=O)CSc2nc(C)c(C)c(=O)[nH]2)c1. The van der Waals surface area contributed by atoms with Crippen LogP contribution in [0.1, 0.15) is 22.4 Å². The standard InChI is InChI=1S/C16H19N3O2S/c1-9-5-6-10(2)13(7-9)18-14(20)8-22-16-17-12(4)11(3)15(21)19-16/h5-7H,8H2,1-4H3,(H,18,20)(H,17,19,21). The first-order chi connectivity index (χ1) is 10.4. The van der Waals surface area contributed by atoms with E-state index < -0.39 is 0 Å². The molecule has 0 fully saturated rings. The molecule has 1 heterocycles. The van der Waals surface area contributed by atoms with Gasteiger partial charge in [-0.1, -0.05) is 23.9 Å². The second kappa shape index (κ2) is 6.79. The van der Waals surface area contributed by atoms with Crippen LogP contribution >= 0.6 is 11.8 Å². The van der Waals surface area contributed by atoms with Crippen molar-refractivity contribution in [3.8, 4) is 0 Å². The van der Waals surface area contributed by atoms with Gasteiger partial charge in [0, 0.05) is 16.9 Å². The van der Waals surface area contributed by atoms with Gasteiger partial charge in [-0.25, -0.2) is 4.98 Å². The summed E-state index contributed by atoms with van der Waals surface area (Å²) in [4.78, 5) is 30.6. The summed E-state index contributed by atoms with van der Waals surface area (Å²) in [7, 11) is 0. The lowest BCUT2D eigenvalue weighted by molar-refractivity contribution is -0.113. The quantitative estimate of drug-likeness (QED) is 0.671. The fraction of sp³-hybridized carbons (Fsp3) is 0.312. The highest BCUT2D eigenvalue weighted by Gasteiger charge is 2.09. The van der Waals surface area contributed by atoms with E-state index in [-0.39, 0.29) is 17.2 Å². The van der Waals surface area contributed by atoms with E-state index in [9.17, 15) is 9.59 Å². The van der Waals surface area contributed by atoms with Gasteiger partial charge in [0.15, 0.2) is 5.16 Å². The minimum absolute atomic E-state index is 0.125. The van der Waals surface area contributed by atoms with Gasteiger partial charge in [-0.05, 0) is 44.9 Å². The Hall–Kier alpha value is -2.08. The Balaban J connectivity index is 2.01. The molecule has 0 aliphatic carbocycles. The van der Waals surface area contributed by atoms with Crippen LogP contribution in [-0.2, 0) is 4.79 Å². The molecule has 0 radical (unpaired) electrons. The topological polar surface area (TPSA) is 74.8 Å². The zero-order chi connectivity index (χ0) is 16.3. The van der Waals surface area contributed by atoms with E-state index >= 15 is 0 Å². The van der Waals surface area contributed by atoms with Crippen molar-refractivity contribution in [3.63, 3.8) is 0 Å². The molecule has 1 aromatic carbocycles. The first-order valence-corrected chi connectivity index (χ1v) is 7.93. The summed E-state index contributed by atoms with van der Waals surface area (Å²) in [6, 6.07) is 5.91. The van der Waals surface area contributed by atoms with E-state index in [2.05, 4.69) is 15.3 Å². The lowest BCUT2D eigenvalue weighted by atomic mass is 10.1. The first kappa shape index (κ1) is 16.3. The minimum Gasteiger partial charge on any atom is -0.325 e. The number of aromatic amines is 1. The van der Waals surface area contributed by atoms with Gasteiger partial charge in [0.25, 0.3) is 5.56 Å². The predicted molar refractivity (Wildman–Crippen MR) is 89.6 cm³/mol. The maximum Gasteiger partial charge on any atom is 0.254 e. The molecule has 6 heteroatoms. The number of thioether (sulfide) groups is 1. The Morgan fingerprint density at radius 2 is 2.00 bits per heavy atom. The molecule has 0 saturated heterocycles. The number of hydrogen-bond donors (Lipinski definition) is 2. The van der Waals surface area contributed by atoms with E-state index in [0.29, 0.717) is 16.4 Å². The zero-order valence-electron chi connectivity index (χ0n) is 13.1. The summed E-state index contributed by atoms with van der Waals surface area (Å²) < 4.78 is 0. The van der Waals surface area contributed by atoms with Gasteiger partial charge in [0.05, 0.1) is 5.75 Å². The van der Waals surface area contributed by atoms with E-state index in [1.807, 2.05) is 32.0 Å². The summed E-state index contributed by atoms with van der Waals surface area (Å²) in [6.07, 6.45) is 0. The van der Waals surface area contributed by atoms with Crippen LogP contribution in [0.4, 0.5) is 5.69 Å². The largest absolute Gasteiger partial charge is 0.325 e. The maximum atomic E-state index is 12.0. The van der Waals surface area contributed by atoms with Crippen LogP contribution in [0.25, 0.3) is 0 Å². The summed E-state index contributed by atoms with van der Waals surface area (Å²) in [5.41, 5.74) is 4.04. The molecule has 2 N–H and O–H groups in total. The Morgan fingerprint density at radius 1 is 1.27 bits per heavy atom. The Labute approximate surface area is 133 Å². The second-order valence-corrected chi connectivity index (χ2v) is 6.20. The fourth-order valence-corrected chi connectivity index (χ4v) is 2.58. The van der Waals surface area contributed by atoms with Crippen LogP contribution in [0, 0.1) is 27.7 Å². The van der Waals surface area contributed by atoms with Crippen LogP contribution in [0.2, 0.25) is 0 Å². The van der Waals surface area contributed by atoms with Gasteiger partial charge in [0.1, 0.15) is 0 Å². The highest BCUT2D eigenvalue weighted by atomic mass is 32.2. The predicted octanol–water partition coefficient (Wildman–Crippen LogP) is 2.73. The van der Waals surface area contributed by atoms with Crippen LogP contribution in [-0.4, -0.2) is 21.6 Å². The highest BCUT2D eigenvalue weighted by Crippen LogP contribution is 2.18. The molecular weight excluding hydrogens is 298 g/mol. The molecule has 0 unspecified atom stereocenters. The molecule has 116 valence electrons. The van der Waals surface area contributed by atoms with E-state index in [4.69, 9.17) is 0 Å². The smallest absolute Gasteiger partial charge is 0.254 e. The van der Waals surface area contributed by atoms with Gasteiger partial charge in [-0.2, -0.15) is 0 Å². The Bertz CT molecular complexity index is 768. The number of nitrogens with one attached hydrogen (secondary N) is 2. The highest BCUT2D eigenvalue weighted by molar-refractivity contribution is 7.99. The molecule has 0 aliphatic rings. The maximum absolute atomic E-state index is 12.0. The number of carbonyl (C=O) groups is 1. The van der Waals surface area contributed by atoms with Gasteiger partial charge >= 0.3 is 0 Å². The van der Waals surface area contributed by atoms with Crippen molar-refractivity contribution in [2.75, 3.05) is 11.1 Å². The number of hydrogen-bond acceptors (Lipinski definition) is 4. The number of anilines is 1. The molecule has 0 saturated carbocycles. The molecule has 5 nitrogen and oxygen atoms in total. The number of carbonyl (C=O) groups excluding carboxylic acids is 1. The monoisotopic (exact) mass is 317 g/mol. The lowest BCUT2D eigenvalue weighted by Gasteiger charge is -2.09. The zero-order valence-corrected chi connectivity index (χ0v) is 13.9. The lowest BCUT2D eigenvalue weighted by Crippen LogP contribution is -2.17. The second-order valence-electron chi connectivity index (χ2n) is 5.24. The third kappa shape index (κ3) is 3.98. The summed E-state index contributed by atoms with van der Waals surface area (Å²) in [6.45, 7) is 7.44. The number of nitrogens with zero attached hydrogens (tertiary/aromatic N) is 1. The Morgan fingerprint density at radius 3 is 2.68 bits per heavy atom. The number of rotatable bonds is 4. The van der Waals surface area contributed by atoms with Gasteiger partial charge in [-0.3, -0.25) is 9.59 Å². The molecular formula is C16H19N3O2S. The molecule has 1 aromatic heterocycles. The fourth-order valence-electron chi connectivity index (χ4n) is 1.88. The molecule has 1 amide bonds. The number of aromatic nitrogens is 2. The van der Waals surface area contributed by atoms with Crippen LogP contribution in [0.15, 0.2) is 28.2 Å². The van der Waals surface area contributed by atoms with Gasteiger partial charge < -0.3 is 10.3 Å². The number of amides is 1. The summed E-state index contributed by atoms with van der Waals surface area (Å²) in [5, 5.41) is 3.34. The molecule has 22 heavy (non-hydrogen) atoms. The molecule has 0 spiro atoms. The van der Waals surface area contributed by atoms with E-state index in [1.165, 1.54) is 11.8 Å². The number of benzene rings is 1. The average molecular weight is 317 g/mol. The van der Waals surface area contributed by atoms with Crippen molar-refractivity contribution in [1.29, 1.82) is 0 Å². The first-order valence-electron chi connectivity index (χ1n) is 6.94. The van der Waals surface area contributed by atoms with E-state index in [0.717, 1.165) is 16.8 Å². The molecule has 2 aromatic rings. The van der Waals surface area contributed by atoms with Crippen molar-refractivity contribution in [2.45, 2.75) is 32.9 Å². The number of H-pyrrole nitrogens is 1. The van der Waals surface area contributed by atoms with Crippen molar-refractivity contribution >= 4 is 23.4 Å². The van der Waals surface area contributed by atoms with Crippen molar-refractivity contribution in [1.82, 2.24) is 9.97 Å². The van der Waals surface area contributed by atoms with Gasteiger partial charge in [0.2, 0.25) is 5.91 Å². The van der Waals surface area contributed by atoms with Crippen molar-refractivity contribution < 1.29 is 4.79 Å². The normalized spacial score (nSPS) is 10.5. The van der Waals surface area contributed by atoms with E-state index in [1.54, 1.807) is 13.8 Å². The molecule has 0 bridgehead atoms. The van der Waals surface area contributed by atoms with Crippen LogP contribution < -0.4 is 10.9 Å². The van der Waals surface area contributed by atoms with Gasteiger partial charge in [-0.15, -0.1) is 0 Å². The van der Waals surface area contributed by atoms with Crippen LogP contribution in [0.5, 0.6) is 0 Å². The van der Waals surface area contributed by atoms with Crippen molar-refractivity contribution in [3.05, 3.63) is 50.9 Å². The Kier molecular flexibility index (Phi) is 5.03. The third-order valence-electron chi connectivity index (χ3n) is 3.38. The summed E-state index contributed by atoms with van der Waals surface area (Å²) >= 11 is 1.22. The minimum atomic E-state index is -0.162. The molecule has 0 atom stereocenters.